The monoisotopic (exact) mass is 493 g/mol. The zero-order chi connectivity index (χ0) is 26.4. The number of benzene rings is 4. The molecule has 0 aliphatic carbocycles. The molecule has 188 valence electrons. The Morgan fingerprint density at radius 2 is 1.51 bits per heavy atom. The molecule has 0 radical (unpaired) electrons. The van der Waals surface area contributed by atoms with Gasteiger partial charge in [0.25, 0.3) is 5.91 Å². The van der Waals surface area contributed by atoms with E-state index in [-0.39, 0.29) is 17.9 Å². The van der Waals surface area contributed by atoms with Crippen molar-refractivity contribution >= 4 is 34.4 Å². The van der Waals surface area contributed by atoms with E-state index in [1.165, 1.54) is 12.7 Å². The summed E-state index contributed by atoms with van der Waals surface area (Å²) in [6, 6.07) is 28.6. The lowest BCUT2D eigenvalue weighted by Crippen LogP contribution is -2.19. The van der Waals surface area contributed by atoms with E-state index >= 15 is 0 Å². The maximum Gasteiger partial charge on any atom is 0.337 e. The van der Waals surface area contributed by atoms with Crippen LogP contribution in [-0.2, 0) is 14.9 Å². The van der Waals surface area contributed by atoms with Crippen LogP contribution < -0.4 is 10.1 Å². The lowest BCUT2D eigenvalue weighted by Gasteiger charge is -2.19. The van der Waals surface area contributed by atoms with Crippen molar-refractivity contribution in [1.82, 2.24) is 0 Å². The van der Waals surface area contributed by atoms with Crippen LogP contribution in [0.15, 0.2) is 96.6 Å². The number of carbonyl (C=O) groups excluding carboxylic acids is 2. The Labute approximate surface area is 217 Å². The number of nitrogens with one attached hydrogen (secondary N) is 1. The minimum absolute atomic E-state index is 0.0241. The maximum absolute atomic E-state index is 13.4. The van der Waals surface area contributed by atoms with Gasteiger partial charge in [-0.25, -0.2) is 4.79 Å². The summed E-state index contributed by atoms with van der Waals surface area (Å²) in [6.45, 7) is 6.52. The van der Waals surface area contributed by atoms with Gasteiger partial charge in [0, 0.05) is 11.1 Å². The zero-order valence-electron chi connectivity index (χ0n) is 21.6. The van der Waals surface area contributed by atoms with Gasteiger partial charge < -0.3 is 14.8 Å². The molecule has 5 nitrogen and oxygen atoms in total. The smallest absolute Gasteiger partial charge is 0.337 e. The Hall–Kier alpha value is -4.38. The number of anilines is 1. The Morgan fingerprint density at radius 1 is 0.838 bits per heavy atom. The number of hydrogen-bond acceptors (Lipinski definition) is 4. The summed E-state index contributed by atoms with van der Waals surface area (Å²) in [4.78, 5) is 25.2. The summed E-state index contributed by atoms with van der Waals surface area (Å²) in [7, 11) is 1.34. The number of hydrogen-bond donors (Lipinski definition) is 1. The predicted octanol–water partition coefficient (Wildman–Crippen LogP) is 7.03. The average Bonchev–Trinajstić information content (AvgIpc) is 2.90. The van der Waals surface area contributed by atoms with E-state index in [2.05, 4.69) is 26.1 Å². The van der Waals surface area contributed by atoms with Gasteiger partial charge in [0.1, 0.15) is 12.4 Å². The third kappa shape index (κ3) is 6.44. The molecule has 0 spiro atoms. The summed E-state index contributed by atoms with van der Waals surface area (Å²) < 4.78 is 10.9. The molecule has 0 bridgehead atoms. The van der Waals surface area contributed by atoms with Gasteiger partial charge in [-0.3, -0.25) is 4.79 Å². The first-order valence-electron chi connectivity index (χ1n) is 12.2. The fraction of sp³-hybridized carbons (Fsp3) is 0.188. The summed E-state index contributed by atoms with van der Waals surface area (Å²) >= 11 is 0. The Kier molecular flexibility index (Phi) is 7.73. The van der Waals surface area contributed by atoms with E-state index in [0.29, 0.717) is 22.6 Å². The van der Waals surface area contributed by atoms with Crippen LogP contribution in [0, 0.1) is 0 Å². The molecule has 1 N–H and O–H groups in total. The van der Waals surface area contributed by atoms with Crippen LogP contribution >= 0.6 is 0 Å². The number of esters is 1. The second kappa shape index (κ2) is 11.1. The highest BCUT2D eigenvalue weighted by Gasteiger charge is 2.16. The molecule has 0 aliphatic rings. The van der Waals surface area contributed by atoms with Crippen molar-refractivity contribution in [2.45, 2.75) is 26.2 Å². The van der Waals surface area contributed by atoms with Crippen molar-refractivity contribution in [3.8, 4) is 5.75 Å². The molecule has 0 saturated heterocycles. The van der Waals surface area contributed by atoms with Crippen molar-refractivity contribution in [1.29, 1.82) is 0 Å². The van der Waals surface area contributed by atoms with Gasteiger partial charge in [0.15, 0.2) is 0 Å². The molecule has 0 heterocycles. The average molecular weight is 494 g/mol. The molecule has 5 heteroatoms. The SMILES string of the molecule is COC(=O)c1ccc(C=C(COc2cccc3ccccc23)C(=O)Nc2ccc(C(C)(C)C)cc2)cc1. The largest absolute Gasteiger partial charge is 0.488 e. The van der Waals surface area contributed by atoms with E-state index < -0.39 is 5.97 Å². The molecule has 1 amide bonds. The first-order valence-corrected chi connectivity index (χ1v) is 12.2. The fourth-order valence-corrected chi connectivity index (χ4v) is 3.95. The van der Waals surface area contributed by atoms with E-state index in [9.17, 15) is 9.59 Å². The van der Waals surface area contributed by atoms with Crippen molar-refractivity contribution in [3.05, 3.63) is 113 Å². The second-order valence-corrected chi connectivity index (χ2v) is 9.83. The maximum atomic E-state index is 13.4. The van der Waals surface area contributed by atoms with Gasteiger partial charge in [-0.2, -0.15) is 0 Å². The van der Waals surface area contributed by atoms with E-state index in [0.717, 1.165) is 16.3 Å². The highest BCUT2D eigenvalue weighted by atomic mass is 16.5. The summed E-state index contributed by atoms with van der Waals surface area (Å²) in [6.07, 6.45) is 1.77. The standard InChI is InChI=1S/C32H31NO4/c1-32(2,3)26-16-18-27(19-17-26)33-30(34)25(20-22-12-14-24(15-13-22)31(35)36-4)21-37-29-11-7-9-23-8-5-6-10-28(23)29/h5-20H,21H2,1-4H3,(H,33,34). The van der Waals surface area contributed by atoms with Crippen molar-refractivity contribution in [2.75, 3.05) is 19.0 Å². The van der Waals surface area contributed by atoms with Crippen molar-refractivity contribution < 1.29 is 19.1 Å². The normalized spacial score (nSPS) is 11.7. The zero-order valence-corrected chi connectivity index (χ0v) is 21.6. The van der Waals surface area contributed by atoms with Gasteiger partial charge in [0.2, 0.25) is 0 Å². The van der Waals surface area contributed by atoms with Crippen LogP contribution in [0.2, 0.25) is 0 Å². The molecule has 0 aliphatic heterocycles. The molecule has 0 saturated carbocycles. The van der Waals surface area contributed by atoms with E-state index in [1.54, 1.807) is 30.3 Å². The number of fused-ring (bicyclic) bond motifs is 1. The molecule has 0 unspecified atom stereocenters. The molecule has 4 aromatic rings. The first kappa shape index (κ1) is 25.7. The fourth-order valence-electron chi connectivity index (χ4n) is 3.95. The number of amides is 1. The highest BCUT2D eigenvalue weighted by molar-refractivity contribution is 6.07. The Bertz CT molecular complexity index is 1420. The molecule has 0 aromatic heterocycles. The van der Waals surface area contributed by atoms with Crippen LogP contribution in [0.3, 0.4) is 0 Å². The summed E-state index contributed by atoms with van der Waals surface area (Å²) in [5.41, 5.74) is 3.56. The number of ether oxygens (including phenoxy) is 2. The molecule has 4 aromatic carbocycles. The summed E-state index contributed by atoms with van der Waals surface area (Å²) in [5, 5.41) is 5.03. The van der Waals surface area contributed by atoms with Gasteiger partial charge in [-0.15, -0.1) is 0 Å². The Morgan fingerprint density at radius 3 is 2.19 bits per heavy atom. The third-order valence-electron chi connectivity index (χ3n) is 6.11. The van der Waals surface area contributed by atoms with Crippen LogP contribution in [0.5, 0.6) is 5.75 Å². The van der Waals surface area contributed by atoms with Gasteiger partial charge in [-0.1, -0.05) is 81.4 Å². The number of methoxy groups -OCH3 is 1. The van der Waals surface area contributed by atoms with Gasteiger partial charge in [0.05, 0.1) is 18.2 Å². The first-order chi connectivity index (χ1) is 17.7. The van der Waals surface area contributed by atoms with E-state index in [4.69, 9.17) is 9.47 Å². The van der Waals surface area contributed by atoms with E-state index in [1.807, 2.05) is 66.7 Å². The molecule has 37 heavy (non-hydrogen) atoms. The molecular weight excluding hydrogens is 462 g/mol. The lowest BCUT2D eigenvalue weighted by atomic mass is 9.87. The third-order valence-corrected chi connectivity index (χ3v) is 6.11. The lowest BCUT2D eigenvalue weighted by molar-refractivity contribution is -0.113. The topological polar surface area (TPSA) is 64.6 Å². The quantitative estimate of drug-likeness (QED) is 0.222. The van der Waals surface area contributed by atoms with Gasteiger partial charge in [-0.05, 0) is 58.3 Å². The molecule has 0 atom stereocenters. The number of rotatable bonds is 7. The second-order valence-electron chi connectivity index (χ2n) is 9.83. The molecule has 0 fully saturated rings. The minimum atomic E-state index is -0.411. The Balaban J connectivity index is 1.60. The summed E-state index contributed by atoms with van der Waals surface area (Å²) in [5.74, 6) is 0.0275. The van der Waals surface area contributed by atoms with Crippen LogP contribution in [0.4, 0.5) is 5.69 Å². The molecular formula is C32H31NO4. The van der Waals surface area contributed by atoms with Gasteiger partial charge >= 0.3 is 5.97 Å². The minimum Gasteiger partial charge on any atom is -0.488 e. The van der Waals surface area contributed by atoms with Crippen LogP contribution in [-0.4, -0.2) is 25.6 Å². The highest BCUT2D eigenvalue weighted by Crippen LogP contribution is 2.27. The van der Waals surface area contributed by atoms with Crippen LogP contribution in [0.1, 0.15) is 42.3 Å². The van der Waals surface area contributed by atoms with Crippen LogP contribution in [0.25, 0.3) is 16.8 Å². The van der Waals surface area contributed by atoms with Crippen molar-refractivity contribution in [3.63, 3.8) is 0 Å². The predicted molar refractivity (Wildman–Crippen MR) is 149 cm³/mol. The number of carbonyl (C=O) groups is 2. The molecule has 4 rings (SSSR count). The van der Waals surface area contributed by atoms with Crippen molar-refractivity contribution in [2.24, 2.45) is 0 Å².